The third-order valence-electron chi connectivity index (χ3n) is 4.82. The van der Waals surface area contributed by atoms with Gasteiger partial charge in [0.15, 0.2) is 5.78 Å². The monoisotopic (exact) mass is 401 g/mol. The van der Waals surface area contributed by atoms with Gasteiger partial charge < -0.3 is 14.6 Å². The summed E-state index contributed by atoms with van der Waals surface area (Å²) in [4.78, 5) is 15.1. The minimum Gasteiger partial charge on any atom is -0.507 e. The van der Waals surface area contributed by atoms with Crippen molar-refractivity contribution in [1.82, 2.24) is 4.90 Å². The molecule has 0 amide bonds. The van der Waals surface area contributed by atoms with E-state index in [2.05, 4.69) is 4.90 Å². The molecule has 0 bridgehead atoms. The number of carbonyl (C=O) groups excluding carboxylic acids is 1. The quantitative estimate of drug-likeness (QED) is 0.583. The van der Waals surface area contributed by atoms with Gasteiger partial charge in [0.1, 0.15) is 17.1 Å². The van der Waals surface area contributed by atoms with Gasteiger partial charge in [-0.05, 0) is 42.3 Å². The van der Waals surface area contributed by atoms with Crippen LogP contribution in [-0.2, 0) is 11.3 Å². The lowest BCUT2D eigenvalue weighted by atomic mass is 9.98. The molecule has 1 saturated heterocycles. The number of halogens is 1. The van der Waals surface area contributed by atoms with Crippen LogP contribution >= 0.6 is 11.6 Å². The normalized spacial score (nSPS) is 15.1. The first-order valence-corrected chi connectivity index (χ1v) is 9.55. The van der Waals surface area contributed by atoms with Gasteiger partial charge in [-0.1, -0.05) is 29.8 Å². The lowest BCUT2D eigenvalue weighted by molar-refractivity contribution is 0.0337. The van der Waals surface area contributed by atoms with E-state index < -0.39 is 0 Å². The van der Waals surface area contributed by atoms with E-state index in [0.29, 0.717) is 30.5 Å². The van der Waals surface area contributed by atoms with E-state index in [1.54, 1.807) is 24.3 Å². The number of ketones is 1. The Balaban J connectivity index is 1.91. The molecule has 28 heavy (non-hydrogen) atoms. The second-order valence-electron chi connectivity index (χ2n) is 6.74. The largest absolute Gasteiger partial charge is 0.507 e. The number of morpholine rings is 1. The maximum atomic E-state index is 12.9. The number of aryl methyl sites for hydroxylation is 1. The van der Waals surface area contributed by atoms with Gasteiger partial charge in [-0.25, -0.2) is 0 Å². The smallest absolute Gasteiger partial charge is 0.193 e. The lowest BCUT2D eigenvalue weighted by Crippen LogP contribution is -2.35. The molecule has 1 fully saturated rings. The molecule has 1 N–H and O–H groups in total. The predicted molar refractivity (Wildman–Crippen MR) is 110 cm³/mol. The number of aromatic hydroxyl groups is 1. The zero-order valence-electron chi connectivity index (χ0n) is 16.1. The number of phenols is 1. The molecule has 6 heteroatoms. The Morgan fingerprint density at radius 1 is 1.32 bits per heavy atom. The fourth-order valence-corrected chi connectivity index (χ4v) is 3.46. The van der Waals surface area contributed by atoms with Gasteiger partial charge in [0.05, 0.1) is 20.3 Å². The number of carbonyl (C=O) groups is 1. The Morgan fingerprint density at radius 3 is 2.75 bits per heavy atom. The van der Waals surface area contributed by atoms with Crippen LogP contribution in [0.2, 0.25) is 5.02 Å². The van der Waals surface area contributed by atoms with Crippen molar-refractivity contribution in [1.29, 1.82) is 0 Å². The zero-order valence-corrected chi connectivity index (χ0v) is 16.8. The van der Waals surface area contributed by atoms with E-state index in [1.807, 2.05) is 19.1 Å². The third-order valence-corrected chi connectivity index (χ3v) is 5.06. The zero-order chi connectivity index (χ0) is 20.1. The molecule has 0 atom stereocenters. The maximum Gasteiger partial charge on any atom is 0.193 e. The number of hydrogen-bond acceptors (Lipinski definition) is 5. The fraction of sp³-hybridized carbons (Fsp3) is 0.318. The predicted octanol–water partition coefficient (Wildman–Crippen LogP) is 4.09. The average Bonchev–Trinajstić information content (AvgIpc) is 2.69. The summed E-state index contributed by atoms with van der Waals surface area (Å²) in [7, 11) is 1.49. The summed E-state index contributed by atoms with van der Waals surface area (Å²) in [6, 6.07) is 9.01. The molecule has 2 aromatic rings. The van der Waals surface area contributed by atoms with E-state index in [-0.39, 0.29) is 17.1 Å². The molecule has 0 unspecified atom stereocenters. The molecule has 5 nitrogen and oxygen atoms in total. The summed E-state index contributed by atoms with van der Waals surface area (Å²) >= 11 is 5.99. The number of ether oxygens (including phenoxy) is 2. The summed E-state index contributed by atoms with van der Waals surface area (Å²) < 4.78 is 10.8. The third kappa shape index (κ3) is 4.73. The van der Waals surface area contributed by atoms with Crippen LogP contribution in [0.15, 0.2) is 36.4 Å². The standard InChI is InChI=1S/C22H24ClNO4/c1-15-12-20(27-2)21(19(25)7-6-16-4-3-5-17(23)13-16)22(26)18(15)14-24-8-10-28-11-9-24/h3-7,12-13,26H,8-11,14H2,1-2H3/b7-6+. The molecule has 0 saturated carbocycles. The molecule has 1 aliphatic heterocycles. The van der Waals surface area contributed by atoms with Crippen molar-refractivity contribution in [2.45, 2.75) is 13.5 Å². The molecular weight excluding hydrogens is 378 g/mol. The molecule has 1 heterocycles. The molecule has 0 aromatic heterocycles. The number of rotatable bonds is 6. The van der Waals surface area contributed by atoms with E-state index >= 15 is 0 Å². The van der Waals surface area contributed by atoms with Crippen molar-refractivity contribution in [3.63, 3.8) is 0 Å². The van der Waals surface area contributed by atoms with Crippen molar-refractivity contribution in [2.75, 3.05) is 33.4 Å². The highest BCUT2D eigenvalue weighted by Crippen LogP contribution is 2.35. The Bertz CT molecular complexity index is 888. The van der Waals surface area contributed by atoms with Crippen LogP contribution in [0.3, 0.4) is 0 Å². The van der Waals surface area contributed by atoms with Crippen LogP contribution in [0.5, 0.6) is 11.5 Å². The van der Waals surface area contributed by atoms with Crippen LogP contribution in [0.1, 0.15) is 27.0 Å². The van der Waals surface area contributed by atoms with Crippen molar-refractivity contribution >= 4 is 23.5 Å². The number of phenolic OH excluding ortho intramolecular Hbond substituents is 1. The van der Waals surface area contributed by atoms with Gasteiger partial charge in [0.25, 0.3) is 0 Å². The van der Waals surface area contributed by atoms with Gasteiger partial charge >= 0.3 is 0 Å². The second kappa shape index (κ2) is 9.24. The van der Waals surface area contributed by atoms with Crippen molar-refractivity contribution in [2.24, 2.45) is 0 Å². The molecule has 148 valence electrons. The van der Waals surface area contributed by atoms with Crippen molar-refractivity contribution < 1.29 is 19.4 Å². The lowest BCUT2D eigenvalue weighted by Gasteiger charge is -2.28. The van der Waals surface area contributed by atoms with Gasteiger partial charge in [0.2, 0.25) is 0 Å². The number of benzene rings is 2. The first kappa shape index (κ1) is 20.4. The summed E-state index contributed by atoms with van der Waals surface area (Å²) in [5.74, 6) is 0.0168. The van der Waals surface area contributed by atoms with Gasteiger partial charge in [-0.15, -0.1) is 0 Å². The minimum atomic E-state index is -0.322. The van der Waals surface area contributed by atoms with Gasteiger partial charge in [-0.2, -0.15) is 0 Å². The average molecular weight is 402 g/mol. The SMILES string of the molecule is COc1cc(C)c(CN2CCOCC2)c(O)c1C(=O)/C=C/c1cccc(Cl)c1. The first-order chi connectivity index (χ1) is 13.5. The molecule has 2 aromatic carbocycles. The number of nitrogens with zero attached hydrogens (tertiary/aromatic N) is 1. The van der Waals surface area contributed by atoms with Crippen LogP contribution in [-0.4, -0.2) is 49.2 Å². The van der Waals surface area contributed by atoms with Crippen molar-refractivity contribution in [3.8, 4) is 11.5 Å². The Kier molecular flexibility index (Phi) is 6.73. The summed E-state index contributed by atoms with van der Waals surface area (Å²) in [5.41, 5.74) is 2.60. The highest BCUT2D eigenvalue weighted by molar-refractivity contribution is 6.30. The molecule has 0 spiro atoms. The highest BCUT2D eigenvalue weighted by Gasteiger charge is 2.23. The van der Waals surface area contributed by atoms with Gasteiger partial charge in [0, 0.05) is 30.2 Å². The van der Waals surface area contributed by atoms with E-state index in [9.17, 15) is 9.90 Å². The van der Waals surface area contributed by atoms with Crippen LogP contribution < -0.4 is 4.74 Å². The number of hydrogen-bond donors (Lipinski definition) is 1. The molecular formula is C22H24ClNO4. The Morgan fingerprint density at radius 2 is 2.07 bits per heavy atom. The summed E-state index contributed by atoms with van der Waals surface area (Å²) in [6.07, 6.45) is 3.10. The van der Waals surface area contributed by atoms with Crippen LogP contribution in [0, 0.1) is 6.92 Å². The van der Waals surface area contributed by atoms with E-state index in [1.165, 1.54) is 13.2 Å². The highest BCUT2D eigenvalue weighted by atomic mass is 35.5. The van der Waals surface area contributed by atoms with Crippen molar-refractivity contribution in [3.05, 3.63) is 63.7 Å². The second-order valence-corrected chi connectivity index (χ2v) is 7.18. The maximum absolute atomic E-state index is 12.9. The molecule has 3 rings (SSSR count). The van der Waals surface area contributed by atoms with E-state index in [4.69, 9.17) is 21.1 Å². The Labute approximate surface area is 170 Å². The number of allylic oxidation sites excluding steroid dienone is 1. The fourth-order valence-electron chi connectivity index (χ4n) is 3.26. The number of methoxy groups -OCH3 is 1. The van der Waals surface area contributed by atoms with Gasteiger partial charge in [-0.3, -0.25) is 9.69 Å². The van der Waals surface area contributed by atoms with Crippen LogP contribution in [0.4, 0.5) is 0 Å². The Hall–Kier alpha value is -2.34. The molecule has 0 radical (unpaired) electrons. The molecule has 1 aliphatic rings. The van der Waals surface area contributed by atoms with Crippen LogP contribution in [0.25, 0.3) is 6.08 Å². The first-order valence-electron chi connectivity index (χ1n) is 9.17. The summed E-state index contributed by atoms with van der Waals surface area (Å²) in [6.45, 7) is 5.40. The summed E-state index contributed by atoms with van der Waals surface area (Å²) in [5, 5.41) is 11.5. The topological polar surface area (TPSA) is 59.0 Å². The minimum absolute atomic E-state index is 0.0240. The molecule has 0 aliphatic carbocycles. The van der Waals surface area contributed by atoms with E-state index in [0.717, 1.165) is 29.8 Å².